The lowest BCUT2D eigenvalue weighted by atomic mass is 10.1. The summed E-state index contributed by atoms with van der Waals surface area (Å²) < 4.78 is 1.16. The number of rotatable bonds is 7. The van der Waals surface area contributed by atoms with Crippen LogP contribution in [0, 0.1) is 0 Å². The average Bonchev–Trinajstić information content (AvgIpc) is 2.46. The third-order valence-corrected chi connectivity index (χ3v) is 4.11. The summed E-state index contributed by atoms with van der Waals surface area (Å²) in [7, 11) is 4.44. The van der Waals surface area contributed by atoms with Gasteiger partial charge in [0.2, 0.25) is 0 Å². The summed E-state index contributed by atoms with van der Waals surface area (Å²) in [6.45, 7) is 4.53. The molecule has 2 nitrogen and oxygen atoms in total. The Morgan fingerprint density at radius 3 is 2.14 bits per heavy atom. The maximum Gasteiger partial charge on any atom is 0.127 e. The predicted molar refractivity (Wildman–Crippen MR) is 91.5 cm³/mol. The van der Waals surface area contributed by atoms with E-state index >= 15 is 0 Å². The van der Waals surface area contributed by atoms with Crippen LogP contribution >= 0.6 is 15.9 Å². The molecule has 1 atom stereocenters. The van der Waals surface area contributed by atoms with Crippen LogP contribution < -0.4 is 9.80 Å². The predicted octanol–water partition coefficient (Wildman–Crippen LogP) is 1.18. The fraction of sp³-hybridized carbons (Fsp3) is 0.333. The number of quaternary nitrogens is 2. The molecule has 0 aliphatic rings. The van der Waals surface area contributed by atoms with Crippen LogP contribution in [0.4, 0.5) is 0 Å². The van der Waals surface area contributed by atoms with E-state index in [4.69, 9.17) is 0 Å². The van der Waals surface area contributed by atoms with Gasteiger partial charge in [0.15, 0.2) is 0 Å². The van der Waals surface area contributed by atoms with Gasteiger partial charge in [-0.3, -0.25) is 0 Å². The molecule has 0 saturated carbocycles. The first-order chi connectivity index (χ1) is 10.1. The Balaban J connectivity index is 2.04. The van der Waals surface area contributed by atoms with Crippen molar-refractivity contribution in [3.8, 4) is 0 Å². The molecule has 21 heavy (non-hydrogen) atoms. The zero-order valence-corrected chi connectivity index (χ0v) is 14.5. The first-order valence-electron chi connectivity index (χ1n) is 7.54. The molecule has 0 amide bonds. The van der Waals surface area contributed by atoms with E-state index in [1.807, 2.05) is 0 Å². The first kappa shape index (κ1) is 16.2. The van der Waals surface area contributed by atoms with Gasteiger partial charge in [-0.2, -0.15) is 0 Å². The van der Waals surface area contributed by atoms with Crippen LogP contribution in [-0.2, 0) is 13.1 Å². The third kappa shape index (κ3) is 6.00. The second-order valence-electron chi connectivity index (χ2n) is 5.93. The maximum absolute atomic E-state index is 3.57. The molecule has 0 aromatic heterocycles. The van der Waals surface area contributed by atoms with Crippen molar-refractivity contribution in [1.29, 1.82) is 0 Å². The van der Waals surface area contributed by atoms with Crippen LogP contribution in [0.1, 0.15) is 11.1 Å². The monoisotopic (exact) mass is 348 g/mol. The van der Waals surface area contributed by atoms with Crippen molar-refractivity contribution in [2.24, 2.45) is 0 Å². The summed E-state index contributed by atoms with van der Waals surface area (Å²) in [5, 5.41) is 0. The lowest BCUT2D eigenvalue weighted by Gasteiger charge is -2.20. The fourth-order valence-electron chi connectivity index (χ4n) is 2.49. The van der Waals surface area contributed by atoms with E-state index in [1.54, 1.807) is 4.90 Å². The van der Waals surface area contributed by atoms with Crippen LogP contribution in [0.2, 0.25) is 0 Å². The van der Waals surface area contributed by atoms with E-state index in [2.05, 4.69) is 84.6 Å². The van der Waals surface area contributed by atoms with E-state index in [1.165, 1.54) is 29.1 Å². The van der Waals surface area contributed by atoms with Crippen LogP contribution in [0.25, 0.3) is 0 Å². The Labute approximate surface area is 136 Å². The van der Waals surface area contributed by atoms with Gasteiger partial charge in [0.05, 0.1) is 14.1 Å². The standard InChI is InChI=1S/C18H23BrN2/c1-20(2)11-12-21(14-16-7-4-3-5-8-16)15-17-9-6-10-18(19)13-17/h3-10,13H,11-12,14-15H2,1-2H3/p+2. The lowest BCUT2D eigenvalue weighted by Crippen LogP contribution is -3.16. The molecular weight excluding hydrogens is 324 g/mol. The highest BCUT2D eigenvalue weighted by atomic mass is 79.9. The highest BCUT2D eigenvalue weighted by molar-refractivity contribution is 9.10. The van der Waals surface area contributed by atoms with Crippen molar-refractivity contribution in [2.75, 3.05) is 27.2 Å². The summed E-state index contributed by atoms with van der Waals surface area (Å²) in [5.74, 6) is 0. The number of halogens is 1. The summed E-state index contributed by atoms with van der Waals surface area (Å²) >= 11 is 3.57. The Morgan fingerprint density at radius 2 is 1.48 bits per heavy atom. The third-order valence-electron chi connectivity index (χ3n) is 3.62. The van der Waals surface area contributed by atoms with Crippen LogP contribution in [0.15, 0.2) is 59.1 Å². The van der Waals surface area contributed by atoms with Gasteiger partial charge in [0, 0.05) is 15.6 Å². The number of nitrogens with one attached hydrogen (secondary N) is 2. The minimum atomic E-state index is 1.07. The van der Waals surface area contributed by atoms with E-state index < -0.39 is 0 Å². The Bertz CT molecular complexity index is 540. The van der Waals surface area contributed by atoms with E-state index in [0.717, 1.165) is 17.6 Å². The van der Waals surface area contributed by atoms with Crippen LogP contribution in [0.5, 0.6) is 0 Å². The molecule has 3 heteroatoms. The van der Waals surface area contributed by atoms with E-state index in [9.17, 15) is 0 Å². The zero-order chi connectivity index (χ0) is 15.1. The lowest BCUT2D eigenvalue weighted by molar-refractivity contribution is -0.960. The normalized spacial score (nSPS) is 12.6. The molecule has 0 aliphatic heterocycles. The van der Waals surface area contributed by atoms with Gasteiger partial charge < -0.3 is 9.80 Å². The smallest absolute Gasteiger partial charge is 0.127 e. The molecule has 0 aliphatic carbocycles. The number of hydrogen-bond acceptors (Lipinski definition) is 0. The van der Waals surface area contributed by atoms with E-state index in [-0.39, 0.29) is 0 Å². The highest BCUT2D eigenvalue weighted by Gasteiger charge is 2.12. The van der Waals surface area contributed by atoms with Gasteiger partial charge in [0.1, 0.15) is 26.2 Å². The van der Waals surface area contributed by atoms with Crippen LogP contribution in [-0.4, -0.2) is 27.2 Å². The Morgan fingerprint density at radius 1 is 0.810 bits per heavy atom. The van der Waals surface area contributed by atoms with Gasteiger partial charge in [0.25, 0.3) is 0 Å². The molecule has 2 N–H and O–H groups in total. The zero-order valence-electron chi connectivity index (χ0n) is 12.9. The molecule has 1 unspecified atom stereocenters. The molecule has 0 heterocycles. The molecule has 112 valence electrons. The minimum Gasteiger partial charge on any atom is -0.335 e. The quantitative estimate of drug-likeness (QED) is 0.743. The molecule has 2 aromatic carbocycles. The largest absolute Gasteiger partial charge is 0.335 e. The van der Waals surface area contributed by atoms with Crippen molar-refractivity contribution in [1.82, 2.24) is 0 Å². The van der Waals surface area contributed by atoms with Crippen molar-refractivity contribution in [3.63, 3.8) is 0 Å². The van der Waals surface area contributed by atoms with Crippen molar-refractivity contribution < 1.29 is 9.80 Å². The number of hydrogen-bond donors (Lipinski definition) is 2. The Hall–Kier alpha value is -1.16. The van der Waals surface area contributed by atoms with Crippen molar-refractivity contribution in [3.05, 3.63) is 70.2 Å². The van der Waals surface area contributed by atoms with Gasteiger partial charge in [-0.05, 0) is 12.1 Å². The SMILES string of the molecule is C[NH+](C)CC[NH+](Cc1ccccc1)Cc1cccc(Br)c1. The number of likely N-dealkylation sites (N-methyl/N-ethyl adjacent to an activating group) is 1. The van der Waals surface area contributed by atoms with Gasteiger partial charge in [-0.25, -0.2) is 0 Å². The molecule has 0 saturated heterocycles. The molecular formula is C18H25BrN2+2. The molecule has 0 bridgehead atoms. The van der Waals surface area contributed by atoms with Gasteiger partial charge in [-0.15, -0.1) is 0 Å². The second-order valence-corrected chi connectivity index (χ2v) is 6.84. The average molecular weight is 349 g/mol. The Kier molecular flexibility index (Phi) is 6.43. The summed E-state index contributed by atoms with van der Waals surface area (Å²) in [6, 6.07) is 19.5. The molecule has 2 aromatic rings. The first-order valence-corrected chi connectivity index (χ1v) is 8.34. The highest BCUT2D eigenvalue weighted by Crippen LogP contribution is 2.10. The topological polar surface area (TPSA) is 8.88 Å². The van der Waals surface area contributed by atoms with Crippen molar-refractivity contribution >= 4 is 15.9 Å². The fourth-order valence-corrected chi connectivity index (χ4v) is 2.93. The van der Waals surface area contributed by atoms with Crippen molar-refractivity contribution in [2.45, 2.75) is 13.1 Å². The molecule has 0 spiro atoms. The molecule has 0 fully saturated rings. The minimum absolute atomic E-state index is 1.07. The maximum atomic E-state index is 3.57. The van der Waals surface area contributed by atoms with E-state index in [0.29, 0.717) is 0 Å². The summed E-state index contributed by atoms with van der Waals surface area (Å²) in [5.41, 5.74) is 2.81. The molecule has 0 radical (unpaired) electrons. The second kappa shape index (κ2) is 8.32. The summed E-state index contributed by atoms with van der Waals surface area (Å²) in [6.07, 6.45) is 0. The molecule has 2 rings (SSSR count). The van der Waals surface area contributed by atoms with Crippen LogP contribution in [0.3, 0.4) is 0 Å². The number of benzene rings is 2. The summed E-state index contributed by atoms with van der Waals surface area (Å²) in [4.78, 5) is 3.12. The van der Waals surface area contributed by atoms with Gasteiger partial charge in [-0.1, -0.05) is 58.4 Å². The van der Waals surface area contributed by atoms with Gasteiger partial charge >= 0.3 is 0 Å².